The van der Waals surface area contributed by atoms with Crippen molar-refractivity contribution in [2.75, 3.05) is 19.7 Å². The van der Waals surface area contributed by atoms with Gasteiger partial charge in [-0.15, -0.1) is 0 Å². The first-order valence-electron chi connectivity index (χ1n) is 14.6. The Morgan fingerprint density at radius 1 is 0.976 bits per heavy atom. The van der Waals surface area contributed by atoms with E-state index in [-0.39, 0.29) is 17.6 Å². The van der Waals surface area contributed by atoms with Crippen molar-refractivity contribution in [2.45, 2.75) is 78.1 Å². The largest absolute Gasteiger partial charge is 0.491 e. The lowest BCUT2D eigenvalue weighted by atomic mass is 9.78. The van der Waals surface area contributed by atoms with E-state index >= 15 is 0 Å². The summed E-state index contributed by atoms with van der Waals surface area (Å²) < 4.78 is 23.2. The molecule has 224 valence electrons. The molecular weight excluding hydrogens is 530 g/mol. The summed E-state index contributed by atoms with van der Waals surface area (Å²) in [6.45, 7) is 17.9. The third-order valence-electron chi connectivity index (χ3n) is 7.15. The Balaban J connectivity index is 1.33. The van der Waals surface area contributed by atoms with Crippen LogP contribution in [0.25, 0.3) is 5.76 Å². The van der Waals surface area contributed by atoms with Gasteiger partial charge in [-0.1, -0.05) is 44.7 Å². The van der Waals surface area contributed by atoms with E-state index in [4.69, 9.17) is 18.9 Å². The second kappa shape index (κ2) is 13.3. The Kier molecular flexibility index (Phi) is 9.76. The van der Waals surface area contributed by atoms with E-state index in [1.54, 1.807) is 11.1 Å². The highest BCUT2D eigenvalue weighted by atomic mass is 16.6. The maximum absolute atomic E-state index is 12.5. The Morgan fingerprint density at radius 2 is 1.62 bits per heavy atom. The van der Waals surface area contributed by atoms with Gasteiger partial charge in [-0.3, -0.25) is 0 Å². The van der Waals surface area contributed by atoms with Crippen LogP contribution in [0.3, 0.4) is 0 Å². The molecule has 4 rings (SSSR count). The number of aromatic nitrogens is 2. The van der Waals surface area contributed by atoms with Crippen LogP contribution in [0.1, 0.15) is 77.0 Å². The van der Waals surface area contributed by atoms with E-state index in [2.05, 4.69) is 54.7 Å². The standard InChI is InChI=1S/C34H43N3O5/c1-8-39-24(2)31-35-20-19-27(36-31)23-40-28-15-11-25(12-16-28)34(6,7)26-13-17-29(18-14-26)41-30-10-9-21-37(22-30)32(38)42-33(3,4)5/h11-20,30H,2,8-10,21-23H2,1,3-7H3. The van der Waals surface area contributed by atoms with Crippen LogP contribution in [0.5, 0.6) is 11.5 Å². The number of rotatable bonds is 10. The fourth-order valence-electron chi connectivity index (χ4n) is 4.81. The quantitative estimate of drug-likeness (QED) is 0.238. The van der Waals surface area contributed by atoms with E-state index in [1.165, 1.54) is 11.1 Å². The molecular formula is C34H43N3O5. The van der Waals surface area contributed by atoms with Gasteiger partial charge in [0.1, 0.15) is 29.8 Å². The Labute approximate surface area is 249 Å². The average Bonchev–Trinajstić information content (AvgIpc) is 2.96. The van der Waals surface area contributed by atoms with Crippen LogP contribution in [0.15, 0.2) is 67.4 Å². The van der Waals surface area contributed by atoms with Crippen LogP contribution in [-0.2, 0) is 21.5 Å². The van der Waals surface area contributed by atoms with Crippen molar-refractivity contribution in [1.29, 1.82) is 0 Å². The number of benzene rings is 2. The SMILES string of the molecule is C=C(OCC)c1nccc(COc2ccc(C(C)(C)c3ccc(OC4CCCN(C(=O)OC(C)(C)C)C4)cc3)cc2)n1. The number of nitrogens with zero attached hydrogens (tertiary/aromatic N) is 3. The smallest absolute Gasteiger partial charge is 0.410 e. The molecule has 1 aliphatic heterocycles. The summed E-state index contributed by atoms with van der Waals surface area (Å²) in [5, 5.41) is 0. The normalized spacial score (nSPS) is 15.6. The molecule has 0 spiro atoms. The third kappa shape index (κ3) is 8.24. The molecule has 1 aliphatic rings. The summed E-state index contributed by atoms with van der Waals surface area (Å²) >= 11 is 0. The fourth-order valence-corrected chi connectivity index (χ4v) is 4.81. The van der Waals surface area contributed by atoms with Gasteiger partial charge in [0.15, 0.2) is 11.6 Å². The van der Waals surface area contributed by atoms with Crippen LogP contribution in [-0.4, -0.2) is 52.4 Å². The first kappa shape index (κ1) is 30.9. The lowest BCUT2D eigenvalue weighted by Gasteiger charge is -2.34. The van der Waals surface area contributed by atoms with Gasteiger partial charge in [-0.25, -0.2) is 14.8 Å². The zero-order valence-electron chi connectivity index (χ0n) is 25.7. The molecule has 1 unspecified atom stereocenters. The summed E-state index contributed by atoms with van der Waals surface area (Å²) in [6, 6.07) is 18.2. The third-order valence-corrected chi connectivity index (χ3v) is 7.15. The van der Waals surface area contributed by atoms with Crippen molar-refractivity contribution >= 4 is 11.9 Å². The van der Waals surface area contributed by atoms with Crippen LogP contribution in [0, 0.1) is 0 Å². The first-order valence-corrected chi connectivity index (χ1v) is 14.6. The van der Waals surface area contributed by atoms with Gasteiger partial charge in [-0.2, -0.15) is 0 Å². The van der Waals surface area contributed by atoms with E-state index in [1.807, 2.05) is 58.0 Å². The van der Waals surface area contributed by atoms with Crippen LogP contribution < -0.4 is 9.47 Å². The Bertz CT molecular complexity index is 1350. The zero-order chi connectivity index (χ0) is 30.3. The number of likely N-dealkylation sites (tertiary alicyclic amines) is 1. The van der Waals surface area contributed by atoms with E-state index in [9.17, 15) is 4.79 Å². The van der Waals surface area contributed by atoms with E-state index in [0.717, 1.165) is 30.0 Å². The van der Waals surface area contributed by atoms with Crippen molar-refractivity contribution in [3.05, 3.63) is 90.0 Å². The van der Waals surface area contributed by atoms with Gasteiger partial charge in [0.05, 0.1) is 18.8 Å². The predicted octanol–water partition coefficient (Wildman–Crippen LogP) is 7.17. The highest BCUT2D eigenvalue weighted by Crippen LogP contribution is 2.34. The summed E-state index contributed by atoms with van der Waals surface area (Å²) in [5.74, 6) is 2.47. The summed E-state index contributed by atoms with van der Waals surface area (Å²) in [7, 11) is 0. The number of amides is 1. The van der Waals surface area contributed by atoms with Crippen molar-refractivity contribution < 1.29 is 23.7 Å². The van der Waals surface area contributed by atoms with Gasteiger partial charge in [0, 0.05) is 18.2 Å². The van der Waals surface area contributed by atoms with Gasteiger partial charge < -0.3 is 23.8 Å². The zero-order valence-corrected chi connectivity index (χ0v) is 25.7. The molecule has 3 aromatic rings. The second-order valence-electron chi connectivity index (χ2n) is 12.0. The predicted molar refractivity (Wildman–Crippen MR) is 163 cm³/mol. The molecule has 0 saturated carbocycles. The van der Waals surface area contributed by atoms with Crippen molar-refractivity contribution in [1.82, 2.24) is 14.9 Å². The Hall–Kier alpha value is -4.07. The molecule has 1 fully saturated rings. The fraction of sp³-hybridized carbons (Fsp3) is 0.441. The van der Waals surface area contributed by atoms with Gasteiger partial charge in [-0.05, 0) is 82.0 Å². The maximum atomic E-state index is 12.5. The number of carbonyl (C=O) groups excluding carboxylic acids is 1. The topological polar surface area (TPSA) is 83.0 Å². The van der Waals surface area contributed by atoms with Crippen LogP contribution in [0.2, 0.25) is 0 Å². The maximum Gasteiger partial charge on any atom is 0.410 e. The second-order valence-corrected chi connectivity index (χ2v) is 12.0. The number of piperidine rings is 1. The van der Waals surface area contributed by atoms with Crippen molar-refractivity contribution in [3.63, 3.8) is 0 Å². The molecule has 0 N–H and O–H groups in total. The Morgan fingerprint density at radius 3 is 2.24 bits per heavy atom. The lowest BCUT2D eigenvalue weighted by Crippen LogP contribution is -2.46. The molecule has 8 nitrogen and oxygen atoms in total. The van der Waals surface area contributed by atoms with Crippen molar-refractivity contribution in [3.8, 4) is 11.5 Å². The van der Waals surface area contributed by atoms with Gasteiger partial charge >= 0.3 is 6.09 Å². The number of hydrogen-bond donors (Lipinski definition) is 0. The van der Waals surface area contributed by atoms with Gasteiger partial charge in [0.2, 0.25) is 0 Å². The minimum atomic E-state index is -0.511. The molecule has 8 heteroatoms. The van der Waals surface area contributed by atoms with Crippen LogP contribution >= 0.6 is 0 Å². The number of hydrogen-bond acceptors (Lipinski definition) is 7. The lowest BCUT2D eigenvalue weighted by molar-refractivity contribution is 0.00775. The number of carbonyl (C=O) groups is 1. The average molecular weight is 574 g/mol. The highest BCUT2D eigenvalue weighted by molar-refractivity contribution is 5.68. The molecule has 1 amide bonds. The summed E-state index contributed by atoms with van der Waals surface area (Å²) in [4.78, 5) is 22.9. The molecule has 42 heavy (non-hydrogen) atoms. The summed E-state index contributed by atoms with van der Waals surface area (Å²) in [5.41, 5.74) is 2.35. The minimum Gasteiger partial charge on any atom is -0.491 e. The number of ether oxygens (including phenoxy) is 4. The molecule has 1 aromatic heterocycles. The van der Waals surface area contributed by atoms with E-state index in [0.29, 0.717) is 37.9 Å². The molecule has 0 aliphatic carbocycles. The van der Waals surface area contributed by atoms with E-state index < -0.39 is 5.60 Å². The summed E-state index contributed by atoms with van der Waals surface area (Å²) in [6.07, 6.45) is 3.13. The van der Waals surface area contributed by atoms with Gasteiger partial charge in [0.25, 0.3) is 0 Å². The molecule has 2 aromatic carbocycles. The molecule has 1 atom stereocenters. The van der Waals surface area contributed by atoms with Crippen LogP contribution in [0.4, 0.5) is 4.79 Å². The molecule has 1 saturated heterocycles. The molecule has 0 radical (unpaired) electrons. The molecule has 2 heterocycles. The highest BCUT2D eigenvalue weighted by Gasteiger charge is 2.29. The molecule has 0 bridgehead atoms. The van der Waals surface area contributed by atoms with Crippen molar-refractivity contribution in [2.24, 2.45) is 0 Å². The first-order chi connectivity index (χ1) is 19.9. The minimum absolute atomic E-state index is 0.0601. The monoisotopic (exact) mass is 573 g/mol.